The van der Waals surface area contributed by atoms with Crippen molar-refractivity contribution in [2.75, 3.05) is 11.4 Å². The summed E-state index contributed by atoms with van der Waals surface area (Å²) in [6, 6.07) is 14.7. The van der Waals surface area contributed by atoms with Gasteiger partial charge in [0.25, 0.3) is 0 Å². The molecular formula is C20H22N4O3. The Morgan fingerprint density at radius 1 is 1.11 bits per heavy atom. The van der Waals surface area contributed by atoms with E-state index < -0.39 is 16.2 Å². The lowest BCUT2D eigenvalue weighted by molar-refractivity contribution is -0.385. The Kier molecular flexibility index (Phi) is 4.94. The van der Waals surface area contributed by atoms with Crippen LogP contribution in [-0.4, -0.2) is 20.9 Å². The molecule has 0 saturated heterocycles. The Morgan fingerprint density at radius 3 is 2.41 bits per heavy atom. The first-order chi connectivity index (χ1) is 12.8. The van der Waals surface area contributed by atoms with Crippen LogP contribution in [0.1, 0.15) is 26.3 Å². The smallest absolute Gasteiger partial charge is 0.346 e. The van der Waals surface area contributed by atoms with Gasteiger partial charge in [-0.1, -0.05) is 57.2 Å². The highest BCUT2D eigenvalue weighted by atomic mass is 16.6. The minimum absolute atomic E-state index is 0.106. The Hall–Kier alpha value is -3.22. The number of anilines is 1. The average molecular weight is 366 g/mol. The molecule has 0 bridgehead atoms. The number of hydrogen-bond acceptors (Lipinski definition) is 5. The van der Waals surface area contributed by atoms with E-state index in [1.165, 1.54) is 10.6 Å². The summed E-state index contributed by atoms with van der Waals surface area (Å²) in [7, 11) is 0. The fourth-order valence-corrected chi connectivity index (χ4v) is 3.03. The zero-order valence-electron chi connectivity index (χ0n) is 15.6. The number of aromatic nitrogens is 2. The molecule has 0 spiro atoms. The lowest BCUT2D eigenvalue weighted by Gasteiger charge is -2.30. The first-order valence-electron chi connectivity index (χ1n) is 8.71. The maximum atomic E-state index is 12.8. The molecule has 3 aromatic rings. The van der Waals surface area contributed by atoms with E-state index in [1.807, 2.05) is 56.0 Å². The van der Waals surface area contributed by atoms with Crippen LogP contribution in [0.3, 0.4) is 0 Å². The van der Waals surface area contributed by atoms with E-state index in [4.69, 9.17) is 0 Å². The van der Waals surface area contributed by atoms with Gasteiger partial charge in [-0.15, -0.1) is 0 Å². The molecule has 0 atom stereocenters. The zero-order valence-corrected chi connectivity index (χ0v) is 15.6. The molecule has 0 radical (unpaired) electrons. The fraction of sp³-hybridized carbons (Fsp3) is 0.300. The molecule has 1 aromatic carbocycles. The van der Waals surface area contributed by atoms with Crippen molar-refractivity contribution in [2.45, 2.75) is 27.3 Å². The molecule has 0 unspecified atom stereocenters. The quantitative estimate of drug-likeness (QED) is 0.508. The minimum Gasteiger partial charge on any atom is -0.346 e. The van der Waals surface area contributed by atoms with Crippen LogP contribution < -0.4 is 10.5 Å². The fourth-order valence-electron chi connectivity index (χ4n) is 3.03. The summed E-state index contributed by atoms with van der Waals surface area (Å²) in [6.45, 7) is 7.08. The van der Waals surface area contributed by atoms with Gasteiger partial charge in [-0.3, -0.25) is 19.3 Å². The molecule has 7 heteroatoms. The van der Waals surface area contributed by atoms with Crippen LogP contribution in [0.5, 0.6) is 0 Å². The van der Waals surface area contributed by atoms with Crippen LogP contribution in [0.25, 0.3) is 5.65 Å². The van der Waals surface area contributed by atoms with Gasteiger partial charge in [-0.2, -0.15) is 0 Å². The number of nitrogens with zero attached hydrogens (tertiary/aromatic N) is 4. The normalized spacial score (nSPS) is 11.5. The Labute approximate surface area is 157 Å². The van der Waals surface area contributed by atoms with Crippen molar-refractivity contribution in [1.29, 1.82) is 0 Å². The molecule has 0 amide bonds. The molecule has 0 N–H and O–H groups in total. The molecule has 7 nitrogen and oxygen atoms in total. The molecule has 0 aliphatic rings. The summed E-state index contributed by atoms with van der Waals surface area (Å²) in [5, 5.41) is 11.7. The van der Waals surface area contributed by atoms with E-state index in [0.29, 0.717) is 18.7 Å². The van der Waals surface area contributed by atoms with Crippen LogP contribution in [-0.2, 0) is 6.54 Å². The second kappa shape index (κ2) is 7.19. The van der Waals surface area contributed by atoms with E-state index >= 15 is 0 Å². The Morgan fingerprint density at radius 2 is 1.78 bits per heavy atom. The lowest BCUT2D eigenvalue weighted by Crippen LogP contribution is -2.35. The number of hydrogen-bond donors (Lipinski definition) is 0. The largest absolute Gasteiger partial charge is 0.376 e. The SMILES string of the molecule is CC(C)(C)CN(Cc1ccccc1)c1nc2ccccn2c(=O)c1[N+](=O)[O-]. The number of rotatable bonds is 5. The number of nitro groups is 1. The van der Waals surface area contributed by atoms with Crippen molar-refractivity contribution in [3.05, 3.63) is 80.8 Å². The Bertz CT molecular complexity index is 1020. The summed E-state index contributed by atoms with van der Waals surface area (Å²) in [6.07, 6.45) is 1.49. The van der Waals surface area contributed by atoms with Gasteiger partial charge in [0.2, 0.25) is 5.82 Å². The highest BCUT2D eigenvalue weighted by Gasteiger charge is 2.30. The molecule has 2 heterocycles. The number of fused-ring (bicyclic) bond motifs is 1. The number of benzene rings is 1. The first-order valence-corrected chi connectivity index (χ1v) is 8.71. The average Bonchev–Trinajstić information content (AvgIpc) is 2.60. The second-order valence-electron chi connectivity index (χ2n) is 7.68. The monoisotopic (exact) mass is 366 g/mol. The molecule has 0 aliphatic carbocycles. The van der Waals surface area contributed by atoms with Gasteiger partial charge < -0.3 is 4.90 Å². The third-order valence-electron chi connectivity index (χ3n) is 4.06. The summed E-state index contributed by atoms with van der Waals surface area (Å²) in [5.41, 5.74) is 0.0548. The minimum atomic E-state index is -0.674. The standard InChI is InChI=1S/C20H22N4O3/c1-20(2,3)14-22(13-15-9-5-4-6-10-15)18-17(24(26)27)19(25)23-12-8-7-11-16(23)21-18/h4-12H,13-14H2,1-3H3. The lowest BCUT2D eigenvalue weighted by atomic mass is 9.95. The van der Waals surface area contributed by atoms with Gasteiger partial charge in [-0.25, -0.2) is 4.98 Å². The summed E-state index contributed by atoms with van der Waals surface area (Å²) >= 11 is 0. The molecule has 2 aromatic heterocycles. The van der Waals surface area contributed by atoms with E-state index in [2.05, 4.69) is 4.98 Å². The third-order valence-corrected chi connectivity index (χ3v) is 4.06. The van der Waals surface area contributed by atoms with Gasteiger partial charge in [0.1, 0.15) is 5.65 Å². The molecular weight excluding hydrogens is 344 g/mol. The molecule has 0 aliphatic heterocycles. The third kappa shape index (κ3) is 4.13. The van der Waals surface area contributed by atoms with Gasteiger partial charge in [-0.05, 0) is 23.1 Å². The maximum Gasteiger partial charge on any atom is 0.376 e. The Balaban J connectivity index is 2.20. The second-order valence-corrected chi connectivity index (χ2v) is 7.68. The summed E-state index contributed by atoms with van der Waals surface area (Å²) < 4.78 is 1.21. The van der Waals surface area contributed by atoms with Gasteiger partial charge in [0.05, 0.1) is 4.92 Å². The van der Waals surface area contributed by atoms with Gasteiger partial charge in [0, 0.05) is 19.3 Å². The molecule has 140 valence electrons. The predicted octanol–water partition coefficient (Wildman–Crippen LogP) is 3.66. The number of pyridine rings is 1. The van der Waals surface area contributed by atoms with E-state index in [-0.39, 0.29) is 11.2 Å². The highest BCUT2D eigenvalue weighted by Crippen LogP contribution is 2.28. The van der Waals surface area contributed by atoms with Crippen LogP contribution >= 0.6 is 0 Å². The van der Waals surface area contributed by atoms with Crippen molar-refractivity contribution >= 4 is 17.2 Å². The molecule has 0 fully saturated rings. The van der Waals surface area contributed by atoms with Crippen molar-refractivity contribution in [2.24, 2.45) is 5.41 Å². The van der Waals surface area contributed by atoms with Gasteiger partial charge >= 0.3 is 11.2 Å². The summed E-state index contributed by atoms with van der Waals surface area (Å²) in [4.78, 5) is 30.2. The zero-order chi connectivity index (χ0) is 19.6. The van der Waals surface area contributed by atoms with Crippen LogP contribution in [0.15, 0.2) is 59.5 Å². The van der Waals surface area contributed by atoms with Crippen LogP contribution in [0, 0.1) is 15.5 Å². The van der Waals surface area contributed by atoms with Crippen molar-refractivity contribution < 1.29 is 4.92 Å². The van der Waals surface area contributed by atoms with Crippen molar-refractivity contribution in [3.63, 3.8) is 0 Å². The highest BCUT2D eigenvalue weighted by molar-refractivity contribution is 5.61. The predicted molar refractivity (Wildman–Crippen MR) is 105 cm³/mol. The van der Waals surface area contributed by atoms with E-state index in [1.54, 1.807) is 18.2 Å². The van der Waals surface area contributed by atoms with Crippen LogP contribution in [0.2, 0.25) is 0 Å². The topological polar surface area (TPSA) is 80.8 Å². The first kappa shape index (κ1) is 18.6. The van der Waals surface area contributed by atoms with Crippen molar-refractivity contribution in [3.8, 4) is 0 Å². The molecule has 27 heavy (non-hydrogen) atoms. The summed E-state index contributed by atoms with van der Waals surface area (Å²) in [5.74, 6) is 0.106. The maximum absolute atomic E-state index is 12.8. The molecule has 3 rings (SSSR count). The van der Waals surface area contributed by atoms with Crippen molar-refractivity contribution in [1.82, 2.24) is 9.38 Å². The van der Waals surface area contributed by atoms with E-state index in [0.717, 1.165) is 5.56 Å². The molecule has 0 saturated carbocycles. The van der Waals surface area contributed by atoms with Crippen LogP contribution in [0.4, 0.5) is 11.5 Å². The van der Waals surface area contributed by atoms with E-state index in [9.17, 15) is 14.9 Å². The van der Waals surface area contributed by atoms with Gasteiger partial charge in [0.15, 0.2) is 0 Å².